The van der Waals surface area contributed by atoms with Crippen LogP contribution < -0.4 is 9.47 Å². The number of hydrogen-bond acceptors (Lipinski definition) is 7. The van der Waals surface area contributed by atoms with E-state index in [1.807, 2.05) is 30.3 Å². The normalized spacial score (nSPS) is 11.0. The van der Waals surface area contributed by atoms with Crippen LogP contribution in [0.15, 0.2) is 85.0 Å². The van der Waals surface area contributed by atoms with Gasteiger partial charge in [-0.2, -0.15) is 0 Å². The Morgan fingerprint density at radius 1 is 0.750 bits per heavy atom. The lowest BCUT2D eigenvalue weighted by molar-refractivity contribution is -0.130. The summed E-state index contributed by atoms with van der Waals surface area (Å²) in [4.78, 5) is 24.7. The highest BCUT2D eigenvalue weighted by molar-refractivity contribution is 5.95. The summed E-state index contributed by atoms with van der Waals surface area (Å²) in [5.74, 6) is 0.177. The van der Waals surface area contributed by atoms with Crippen LogP contribution in [0.5, 0.6) is 11.5 Å². The molecule has 0 saturated carbocycles. The topological polar surface area (TPSA) is 102 Å². The summed E-state index contributed by atoms with van der Waals surface area (Å²) in [5, 5.41) is 18.9. The van der Waals surface area contributed by atoms with E-state index in [9.17, 15) is 19.8 Å². The molecule has 0 atom stereocenters. The van der Waals surface area contributed by atoms with Crippen LogP contribution in [0, 0.1) is 5.92 Å². The molecule has 0 aromatic heterocycles. The van der Waals surface area contributed by atoms with Gasteiger partial charge in [0.05, 0.1) is 13.2 Å². The van der Waals surface area contributed by atoms with Crippen LogP contribution in [0.4, 0.5) is 0 Å². The van der Waals surface area contributed by atoms with E-state index in [-0.39, 0.29) is 38.1 Å². The number of ketones is 1. The second-order valence-corrected chi connectivity index (χ2v) is 12.5. The Hall–Kier alpha value is -4.04. The molecule has 0 aliphatic rings. The zero-order valence-electron chi connectivity index (χ0n) is 28.9. The van der Waals surface area contributed by atoms with E-state index in [1.54, 1.807) is 13.8 Å². The van der Waals surface area contributed by atoms with Crippen LogP contribution >= 0.6 is 0 Å². The van der Waals surface area contributed by atoms with E-state index in [2.05, 4.69) is 50.4 Å². The van der Waals surface area contributed by atoms with Crippen molar-refractivity contribution in [3.05, 3.63) is 107 Å². The molecule has 3 rings (SSSR count). The highest BCUT2D eigenvalue weighted by Crippen LogP contribution is 2.35. The molecular weight excluding hydrogens is 604 g/mol. The summed E-state index contributed by atoms with van der Waals surface area (Å²) >= 11 is 0. The summed E-state index contributed by atoms with van der Waals surface area (Å²) in [6, 6.07) is 20.6. The van der Waals surface area contributed by atoms with Gasteiger partial charge in [-0.3, -0.25) is 4.79 Å². The van der Waals surface area contributed by atoms with Crippen molar-refractivity contribution < 1.29 is 34.0 Å². The van der Waals surface area contributed by atoms with Crippen LogP contribution in [0.1, 0.15) is 68.7 Å². The average molecular weight is 657 g/mol. The van der Waals surface area contributed by atoms with Gasteiger partial charge in [-0.1, -0.05) is 75.4 Å². The number of hydrogen-bond donors (Lipinski definition) is 2. The number of aliphatic hydroxyl groups excluding tert-OH is 2. The lowest BCUT2D eigenvalue weighted by Gasteiger charge is -2.17. The summed E-state index contributed by atoms with van der Waals surface area (Å²) in [6.45, 7) is 13.2. The van der Waals surface area contributed by atoms with Crippen molar-refractivity contribution in [2.45, 2.75) is 72.1 Å². The number of unbranched alkanes of at least 4 members (excludes halogenated alkanes) is 2. The molecule has 258 valence electrons. The zero-order chi connectivity index (χ0) is 34.9. The molecule has 0 bridgehead atoms. The first-order valence-corrected chi connectivity index (χ1v) is 17.0. The van der Waals surface area contributed by atoms with Gasteiger partial charge < -0.3 is 24.4 Å². The van der Waals surface area contributed by atoms with Crippen molar-refractivity contribution in [3.63, 3.8) is 0 Å². The van der Waals surface area contributed by atoms with Crippen LogP contribution in [0.25, 0.3) is 11.1 Å². The molecule has 0 radical (unpaired) electrons. The second-order valence-electron chi connectivity index (χ2n) is 12.5. The number of esters is 1. The first kappa shape index (κ1) is 38.4. The standard InChI is InChI=1S/C41H52O7/c1-6-7-8-9-31-10-12-32(13-11-31)14-15-33-16-18-37(40(24-33)48-41(45)30(4)5)35-17-19-39(47-23-20-34(26-42)27-43)36(25-35)21-22-46-28-38(44)29(2)3/h10-13,16-19,24-25,34,42-43H,2,4,6-9,14-15,20-23,26-28H2,1,3,5H3. The molecule has 3 aromatic rings. The van der Waals surface area contributed by atoms with E-state index in [4.69, 9.17) is 14.2 Å². The third-order valence-corrected chi connectivity index (χ3v) is 8.29. The lowest BCUT2D eigenvalue weighted by atomic mass is 9.96. The Morgan fingerprint density at radius 3 is 2.06 bits per heavy atom. The number of Topliss-reactive ketones (excluding diaryl/α,β-unsaturated/α-hetero) is 1. The van der Waals surface area contributed by atoms with E-state index in [1.165, 1.54) is 30.4 Å². The largest absolute Gasteiger partial charge is 0.493 e. The number of carbonyl (C=O) groups is 2. The summed E-state index contributed by atoms with van der Waals surface area (Å²) < 4.78 is 17.6. The fourth-order valence-corrected chi connectivity index (χ4v) is 5.10. The minimum atomic E-state index is -0.495. The summed E-state index contributed by atoms with van der Waals surface area (Å²) in [7, 11) is 0. The van der Waals surface area contributed by atoms with Gasteiger partial charge >= 0.3 is 5.97 Å². The molecule has 0 amide bonds. The van der Waals surface area contributed by atoms with Gasteiger partial charge in [0.1, 0.15) is 18.1 Å². The minimum absolute atomic E-state index is 0.0501. The fraction of sp³-hybridized carbons (Fsp3) is 0.415. The highest BCUT2D eigenvalue weighted by Gasteiger charge is 2.16. The molecule has 3 aromatic carbocycles. The SMILES string of the molecule is C=C(C)C(=O)COCCc1cc(-c2ccc(CCc3ccc(CCCCC)cc3)cc2OC(=O)C(=C)C)ccc1OCCC(CO)CO. The number of carbonyl (C=O) groups excluding carboxylic acids is 2. The maximum absolute atomic E-state index is 12.7. The maximum Gasteiger partial charge on any atom is 0.338 e. The molecule has 0 heterocycles. The van der Waals surface area contributed by atoms with Crippen molar-refractivity contribution in [1.82, 2.24) is 0 Å². The molecule has 0 saturated heterocycles. The molecule has 0 unspecified atom stereocenters. The quantitative estimate of drug-likeness (QED) is 0.0502. The molecular formula is C41H52O7. The predicted molar refractivity (Wildman–Crippen MR) is 192 cm³/mol. The Morgan fingerprint density at radius 2 is 1.42 bits per heavy atom. The van der Waals surface area contributed by atoms with Gasteiger partial charge in [-0.15, -0.1) is 0 Å². The highest BCUT2D eigenvalue weighted by atomic mass is 16.5. The van der Waals surface area contributed by atoms with Crippen molar-refractivity contribution in [2.24, 2.45) is 5.92 Å². The number of aryl methyl sites for hydroxylation is 3. The zero-order valence-corrected chi connectivity index (χ0v) is 28.9. The summed E-state index contributed by atoms with van der Waals surface area (Å²) in [5.41, 5.74) is 6.85. The maximum atomic E-state index is 12.7. The van der Waals surface area contributed by atoms with Gasteiger partial charge in [0.2, 0.25) is 0 Å². The van der Waals surface area contributed by atoms with E-state index >= 15 is 0 Å². The predicted octanol–water partition coefficient (Wildman–Crippen LogP) is 7.43. The molecule has 0 aliphatic carbocycles. The van der Waals surface area contributed by atoms with Crippen molar-refractivity contribution in [3.8, 4) is 22.6 Å². The van der Waals surface area contributed by atoms with E-state index in [0.717, 1.165) is 41.5 Å². The molecule has 0 fully saturated rings. The number of rotatable bonds is 22. The first-order chi connectivity index (χ1) is 23.1. The molecule has 7 heteroatoms. The smallest absolute Gasteiger partial charge is 0.338 e. The Bertz CT molecular complexity index is 1500. The van der Waals surface area contributed by atoms with Crippen molar-refractivity contribution in [1.29, 1.82) is 0 Å². The number of aliphatic hydroxyl groups is 2. The van der Waals surface area contributed by atoms with Gasteiger partial charge in [-0.25, -0.2) is 4.79 Å². The third kappa shape index (κ3) is 12.5. The van der Waals surface area contributed by atoms with Crippen LogP contribution in [0.2, 0.25) is 0 Å². The molecule has 0 aliphatic heterocycles. The Kier molecular flexibility index (Phi) is 16.3. The molecule has 7 nitrogen and oxygen atoms in total. The van der Waals surface area contributed by atoms with Crippen molar-refractivity contribution in [2.75, 3.05) is 33.0 Å². The van der Waals surface area contributed by atoms with Crippen LogP contribution in [-0.4, -0.2) is 55.0 Å². The number of benzene rings is 3. The summed E-state index contributed by atoms with van der Waals surface area (Å²) in [6.07, 6.45) is 7.39. The number of ether oxygens (including phenoxy) is 3. The lowest BCUT2D eigenvalue weighted by Crippen LogP contribution is -2.15. The van der Waals surface area contributed by atoms with Gasteiger partial charge in [0, 0.05) is 30.3 Å². The average Bonchev–Trinajstić information content (AvgIpc) is 3.08. The van der Waals surface area contributed by atoms with Gasteiger partial charge in [0.25, 0.3) is 0 Å². The third-order valence-electron chi connectivity index (χ3n) is 8.29. The van der Waals surface area contributed by atoms with E-state index < -0.39 is 5.97 Å². The Labute approximate surface area is 286 Å². The fourth-order valence-electron chi connectivity index (χ4n) is 5.10. The van der Waals surface area contributed by atoms with Crippen LogP contribution in [0.3, 0.4) is 0 Å². The molecule has 0 spiro atoms. The van der Waals surface area contributed by atoms with Gasteiger partial charge in [0.15, 0.2) is 5.78 Å². The van der Waals surface area contributed by atoms with E-state index in [0.29, 0.717) is 42.1 Å². The first-order valence-electron chi connectivity index (χ1n) is 17.0. The Balaban J connectivity index is 1.85. The second kappa shape index (κ2) is 20.4. The molecule has 2 N–H and O–H groups in total. The van der Waals surface area contributed by atoms with Crippen molar-refractivity contribution >= 4 is 11.8 Å². The molecule has 48 heavy (non-hydrogen) atoms. The monoisotopic (exact) mass is 656 g/mol. The van der Waals surface area contributed by atoms with Gasteiger partial charge in [-0.05, 0) is 104 Å². The minimum Gasteiger partial charge on any atom is -0.493 e. The van der Waals surface area contributed by atoms with Crippen LogP contribution in [-0.2, 0) is 40.0 Å².